The van der Waals surface area contributed by atoms with Gasteiger partial charge >= 0.3 is 0 Å². The summed E-state index contributed by atoms with van der Waals surface area (Å²) in [5.41, 5.74) is 30.5. The summed E-state index contributed by atoms with van der Waals surface area (Å²) in [6, 6.07) is 132. The molecule has 0 saturated carbocycles. The lowest BCUT2D eigenvalue weighted by molar-refractivity contribution is 0.590. The van der Waals surface area contributed by atoms with Crippen molar-refractivity contribution in [3.8, 4) is 89.0 Å². The number of fused-ring (bicyclic) bond motifs is 7. The summed E-state index contributed by atoms with van der Waals surface area (Å²) in [7, 11) is 0. The van der Waals surface area contributed by atoms with Crippen molar-refractivity contribution in [2.75, 3.05) is 9.80 Å². The highest BCUT2D eigenvalue weighted by Gasteiger charge is 2.46. The number of nitrogens with zero attached hydrogens (tertiary/aromatic N) is 2. The molecule has 16 aromatic rings. The average Bonchev–Trinajstić information content (AvgIpc) is 0.688. The predicted octanol–water partition coefficient (Wildman–Crippen LogP) is 23.9. The summed E-state index contributed by atoms with van der Waals surface area (Å²) in [5, 5.41) is 7.36. The van der Waals surface area contributed by atoms with E-state index in [1.807, 2.05) is 0 Å². The molecular weight excluding hydrogens is 1170 g/mol. The molecule has 0 unspecified atom stereocenters. The van der Waals surface area contributed by atoms with Gasteiger partial charge in [-0.05, 0) is 151 Å². The van der Waals surface area contributed by atoms with Crippen LogP contribution in [-0.2, 0) is 5.41 Å². The summed E-state index contributed by atoms with van der Waals surface area (Å²) in [5.74, 6) is 0. The van der Waals surface area contributed by atoms with E-state index in [0.29, 0.717) is 0 Å². The van der Waals surface area contributed by atoms with Crippen LogP contribution in [0.1, 0.15) is 26.3 Å². The molecule has 0 aliphatic carbocycles. The average molecular weight is 1240 g/mol. The molecule has 0 amide bonds. The highest BCUT2D eigenvalue weighted by molar-refractivity contribution is 7.00. The fraction of sp³-hybridized carbons (Fsp3) is 0.0426. The van der Waals surface area contributed by atoms with Crippen molar-refractivity contribution in [2.45, 2.75) is 26.2 Å². The second-order valence-electron chi connectivity index (χ2n) is 27.0. The van der Waals surface area contributed by atoms with Gasteiger partial charge in [0.15, 0.2) is 0 Å². The monoisotopic (exact) mass is 1230 g/mol. The van der Waals surface area contributed by atoms with Gasteiger partial charge in [0.1, 0.15) is 0 Å². The Hall–Kier alpha value is -12.0. The third kappa shape index (κ3) is 9.72. The quantitative estimate of drug-likeness (QED) is 0.0995. The van der Waals surface area contributed by atoms with Gasteiger partial charge in [0, 0.05) is 45.0 Å². The van der Waals surface area contributed by atoms with Crippen LogP contribution in [0.15, 0.2) is 352 Å². The van der Waals surface area contributed by atoms with Gasteiger partial charge in [0.05, 0.1) is 11.4 Å². The van der Waals surface area contributed by atoms with Gasteiger partial charge in [-0.1, -0.05) is 348 Å². The van der Waals surface area contributed by atoms with E-state index in [4.69, 9.17) is 0 Å². The van der Waals surface area contributed by atoms with Crippen LogP contribution in [-0.4, -0.2) is 6.71 Å². The van der Waals surface area contributed by atoms with E-state index in [2.05, 4.69) is 382 Å². The second-order valence-corrected chi connectivity index (χ2v) is 27.0. The van der Waals surface area contributed by atoms with Crippen molar-refractivity contribution >= 4 is 89.5 Å². The number of hydrogen-bond donors (Lipinski definition) is 0. The highest BCUT2D eigenvalue weighted by Crippen LogP contribution is 2.55. The summed E-state index contributed by atoms with van der Waals surface area (Å²) in [6.07, 6.45) is 0. The van der Waals surface area contributed by atoms with E-state index < -0.39 is 0 Å². The van der Waals surface area contributed by atoms with Gasteiger partial charge in [0.2, 0.25) is 0 Å². The smallest absolute Gasteiger partial charge is 0.252 e. The number of para-hydroxylation sites is 2. The van der Waals surface area contributed by atoms with Crippen LogP contribution in [0.4, 0.5) is 34.1 Å². The van der Waals surface area contributed by atoms with E-state index in [9.17, 15) is 0 Å². The molecule has 2 aliphatic heterocycles. The minimum Gasteiger partial charge on any atom is -0.310 e. The van der Waals surface area contributed by atoms with Crippen molar-refractivity contribution in [1.82, 2.24) is 0 Å². The lowest BCUT2D eigenvalue weighted by atomic mass is 9.33. The van der Waals surface area contributed by atoms with Crippen LogP contribution >= 0.6 is 0 Å². The predicted molar refractivity (Wildman–Crippen MR) is 415 cm³/mol. The van der Waals surface area contributed by atoms with E-state index >= 15 is 0 Å². The Morgan fingerprint density at radius 1 is 0.237 bits per heavy atom. The zero-order chi connectivity index (χ0) is 64.7. The third-order valence-electron chi connectivity index (χ3n) is 20.4. The number of anilines is 6. The Labute approximate surface area is 568 Å². The topological polar surface area (TPSA) is 6.48 Å². The standard InChI is InChI=1S/C94H67BN2/c1-94(2,3)72-60-87-91-88(61-72)97(93-77(66-34-15-7-16-35-66)48-27-49-78(93)67-36-17-8-18-37-67)86-59-71(90-81-43-23-21-41-79(81)89(80-42-22-24-44-82(80)90)69-52-50-68(51-53-69)74-45-25-39-63-38-19-20-40-73(63)74)54-56-83(86)95(91)84-58-70(62-28-9-4-10-29-62)55-57-85(84)96(87)92-75(64-30-11-5-12-31-64)46-26-47-76(92)65-32-13-6-14-33-65/h4-61H,1-3H3. The fourth-order valence-corrected chi connectivity index (χ4v) is 15.9. The molecule has 2 heterocycles. The molecule has 0 bridgehead atoms. The Bertz CT molecular complexity index is 5540. The summed E-state index contributed by atoms with van der Waals surface area (Å²) in [4.78, 5) is 5.37. The number of hydrogen-bond acceptors (Lipinski definition) is 2. The lowest BCUT2D eigenvalue weighted by Gasteiger charge is -2.46. The van der Waals surface area contributed by atoms with Gasteiger partial charge in [-0.15, -0.1) is 0 Å². The van der Waals surface area contributed by atoms with Crippen molar-refractivity contribution in [3.05, 3.63) is 357 Å². The minimum absolute atomic E-state index is 0.199. The van der Waals surface area contributed by atoms with E-state index in [1.165, 1.54) is 98.9 Å². The first-order valence-electron chi connectivity index (χ1n) is 33.9. The Kier molecular flexibility index (Phi) is 13.9. The molecule has 0 fully saturated rings. The first-order chi connectivity index (χ1) is 47.8. The normalized spacial score (nSPS) is 12.4. The van der Waals surface area contributed by atoms with Crippen LogP contribution in [0.3, 0.4) is 0 Å². The van der Waals surface area contributed by atoms with Crippen LogP contribution in [0.2, 0.25) is 0 Å². The van der Waals surface area contributed by atoms with Gasteiger partial charge in [0.25, 0.3) is 6.71 Å². The summed E-state index contributed by atoms with van der Waals surface area (Å²) in [6.45, 7) is 6.94. The van der Waals surface area contributed by atoms with Crippen molar-refractivity contribution in [3.63, 3.8) is 0 Å². The molecule has 16 aromatic carbocycles. The molecule has 0 radical (unpaired) electrons. The molecule has 2 nitrogen and oxygen atoms in total. The maximum atomic E-state index is 2.70. The molecule has 2 aliphatic rings. The molecule has 456 valence electrons. The SMILES string of the molecule is CC(C)(C)c1cc2c3c(c1)N(c1c(-c4ccccc4)cccc1-c1ccccc1)c1cc(-c4c5ccccc5c(-c5ccc(-c6cccc7ccccc67)cc5)c5ccccc45)ccc1B3c1cc(-c3ccccc3)ccc1N2c1c(-c2ccccc2)cccc1-c1ccccc1. The molecule has 18 rings (SSSR count). The highest BCUT2D eigenvalue weighted by atomic mass is 15.2. The molecule has 0 saturated heterocycles. The van der Waals surface area contributed by atoms with Gasteiger partial charge < -0.3 is 9.80 Å². The van der Waals surface area contributed by atoms with E-state index in [1.54, 1.807) is 0 Å². The first kappa shape index (κ1) is 57.6. The lowest BCUT2D eigenvalue weighted by Crippen LogP contribution is -2.61. The third-order valence-corrected chi connectivity index (χ3v) is 20.4. The van der Waals surface area contributed by atoms with Gasteiger partial charge in [-0.25, -0.2) is 0 Å². The van der Waals surface area contributed by atoms with E-state index in [-0.39, 0.29) is 12.1 Å². The van der Waals surface area contributed by atoms with Crippen LogP contribution < -0.4 is 26.2 Å². The fourth-order valence-electron chi connectivity index (χ4n) is 15.9. The van der Waals surface area contributed by atoms with Crippen LogP contribution in [0.5, 0.6) is 0 Å². The van der Waals surface area contributed by atoms with Gasteiger partial charge in [-0.2, -0.15) is 0 Å². The van der Waals surface area contributed by atoms with Crippen LogP contribution in [0, 0.1) is 0 Å². The molecule has 0 aromatic heterocycles. The molecule has 0 spiro atoms. The van der Waals surface area contributed by atoms with Gasteiger partial charge in [-0.3, -0.25) is 0 Å². The zero-order valence-corrected chi connectivity index (χ0v) is 54.5. The Morgan fingerprint density at radius 3 is 1.08 bits per heavy atom. The Balaban J connectivity index is 0.953. The number of rotatable bonds is 10. The van der Waals surface area contributed by atoms with E-state index in [0.717, 1.165) is 78.5 Å². The molecule has 0 atom stereocenters. The largest absolute Gasteiger partial charge is 0.310 e. The minimum atomic E-state index is -0.282. The summed E-state index contributed by atoms with van der Waals surface area (Å²) < 4.78 is 0. The maximum absolute atomic E-state index is 2.70. The number of benzene rings is 16. The van der Waals surface area contributed by atoms with Crippen molar-refractivity contribution in [2.24, 2.45) is 0 Å². The van der Waals surface area contributed by atoms with Crippen molar-refractivity contribution in [1.29, 1.82) is 0 Å². The second kappa shape index (κ2) is 23.5. The molecule has 0 N–H and O–H groups in total. The zero-order valence-electron chi connectivity index (χ0n) is 54.5. The van der Waals surface area contributed by atoms with Crippen LogP contribution in [0.25, 0.3) is 121 Å². The molecule has 97 heavy (non-hydrogen) atoms. The molecular formula is C94H67BN2. The first-order valence-corrected chi connectivity index (χ1v) is 33.9. The van der Waals surface area contributed by atoms with Crippen molar-refractivity contribution < 1.29 is 0 Å². The summed E-state index contributed by atoms with van der Waals surface area (Å²) >= 11 is 0. The molecule has 3 heteroatoms. The maximum Gasteiger partial charge on any atom is 0.252 e. The Morgan fingerprint density at radius 2 is 0.598 bits per heavy atom.